The predicted molar refractivity (Wildman–Crippen MR) is 111 cm³/mol. The Morgan fingerprint density at radius 3 is 2.14 bits per heavy atom. The van der Waals surface area contributed by atoms with Crippen LogP contribution in [-0.2, 0) is 9.53 Å². The summed E-state index contributed by atoms with van der Waals surface area (Å²) in [6, 6.07) is 19.5. The maximum absolute atomic E-state index is 13.0. The number of ether oxygens (including phenoxy) is 1. The molecule has 0 saturated heterocycles. The second-order valence-electron chi connectivity index (χ2n) is 7.57. The third-order valence-corrected chi connectivity index (χ3v) is 5.61. The minimum atomic E-state index is -0.839. The molecule has 29 heavy (non-hydrogen) atoms. The zero-order valence-corrected chi connectivity index (χ0v) is 16.1. The number of carbonyl (C=O) groups excluding carboxylic acids is 2. The zero-order chi connectivity index (χ0) is 20.3. The van der Waals surface area contributed by atoms with Crippen LogP contribution in [0.3, 0.4) is 0 Å². The number of nitriles is 1. The summed E-state index contributed by atoms with van der Waals surface area (Å²) in [6.45, 7) is -0.403. The van der Waals surface area contributed by atoms with Crippen LogP contribution >= 0.6 is 0 Å². The van der Waals surface area contributed by atoms with Crippen molar-refractivity contribution in [2.45, 2.75) is 37.6 Å². The molecule has 1 N–H and O–H groups in total. The lowest BCUT2D eigenvalue weighted by Crippen LogP contribution is -2.50. The van der Waals surface area contributed by atoms with Crippen molar-refractivity contribution in [1.82, 2.24) is 5.32 Å². The Bertz CT molecular complexity index is 1070. The van der Waals surface area contributed by atoms with E-state index in [0.717, 1.165) is 40.8 Å². The van der Waals surface area contributed by atoms with E-state index in [4.69, 9.17) is 4.74 Å². The molecule has 5 heteroatoms. The molecule has 0 aliphatic heterocycles. The minimum Gasteiger partial charge on any atom is -0.452 e. The van der Waals surface area contributed by atoms with Gasteiger partial charge < -0.3 is 10.1 Å². The lowest BCUT2D eigenvalue weighted by molar-refractivity contribution is -0.125. The molecular weight excluding hydrogens is 364 g/mol. The van der Waals surface area contributed by atoms with Crippen LogP contribution in [0.4, 0.5) is 0 Å². The molecule has 3 aromatic carbocycles. The summed E-state index contributed by atoms with van der Waals surface area (Å²) in [6.07, 6.45) is 4.17. The lowest BCUT2D eigenvalue weighted by atomic mass is 9.83. The summed E-state index contributed by atoms with van der Waals surface area (Å²) in [5, 5.41) is 15.8. The van der Waals surface area contributed by atoms with E-state index in [1.54, 1.807) is 0 Å². The van der Waals surface area contributed by atoms with E-state index >= 15 is 0 Å². The smallest absolute Gasteiger partial charge is 0.339 e. The van der Waals surface area contributed by atoms with Gasteiger partial charge in [0.25, 0.3) is 5.91 Å². The van der Waals surface area contributed by atoms with Crippen molar-refractivity contribution in [3.63, 3.8) is 0 Å². The fraction of sp³-hybridized carbons (Fsp3) is 0.292. The second-order valence-corrected chi connectivity index (χ2v) is 7.57. The number of rotatable bonds is 4. The van der Waals surface area contributed by atoms with Gasteiger partial charge in [-0.25, -0.2) is 4.79 Å². The number of hydrogen-bond donors (Lipinski definition) is 1. The highest BCUT2D eigenvalue weighted by atomic mass is 16.5. The van der Waals surface area contributed by atoms with Gasteiger partial charge in [-0.05, 0) is 40.5 Å². The van der Waals surface area contributed by atoms with Gasteiger partial charge in [0.15, 0.2) is 6.61 Å². The van der Waals surface area contributed by atoms with Gasteiger partial charge in [0, 0.05) is 0 Å². The lowest BCUT2D eigenvalue weighted by Gasteiger charge is -2.31. The molecule has 0 atom stereocenters. The molecular formula is C24H22N2O3. The van der Waals surface area contributed by atoms with E-state index in [1.807, 2.05) is 54.6 Å². The maximum atomic E-state index is 13.0. The van der Waals surface area contributed by atoms with Crippen LogP contribution in [0.15, 0.2) is 54.6 Å². The van der Waals surface area contributed by atoms with Gasteiger partial charge in [0.1, 0.15) is 5.54 Å². The molecule has 0 unspecified atom stereocenters. The highest BCUT2D eigenvalue weighted by Crippen LogP contribution is 2.29. The topological polar surface area (TPSA) is 79.2 Å². The van der Waals surface area contributed by atoms with E-state index in [9.17, 15) is 14.9 Å². The molecule has 1 fully saturated rings. The van der Waals surface area contributed by atoms with Gasteiger partial charge in [-0.2, -0.15) is 5.26 Å². The SMILES string of the molecule is N#CC1(NC(=O)COC(=O)c2c3ccccc3cc3ccccc23)CCCCC1. The van der Waals surface area contributed by atoms with Crippen LogP contribution in [-0.4, -0.2) is 24.0 Å². The van der Waals surface area contributed by atoms with E-state index in [1.165, 1.54) is 0 Å². The second kappa shape index (κ2) is 7.92. The fourth-order valence-corrected chi connectivity index (χ4v) is 4.16. The first-order valence-corrected chi connectivity index (χ1v) is 9.92. The first-order valence-electron chi connectivity index (χ1n) is 9.92. The summed E-state index contributed by atoms with van der Waals surface area (Å²) in [5.74, 6) is -0.978. The summed E-state index contributed by atoms with van der Waals surface area (Å²) < 4.78 is 5.38. The van der Waals surface area contributed by atoms with Gasteiger partial charge in [0.05, 0.1) is 11.6 Å². The summed E-state index contributed by atoms with van der Waals surface area (Å²) in [5.41, 5.74) is -0.382. The average molecular weight is 386 g/mol. The quantitative estimate of drug-likeness (QED) is 0.529. The normalized spacial score (nSPS) is 15.6. The fourth-order valence-electron chi connectivity index (χ4n) is 4.16. The number of amides is 1. The molecule has 0 heterocycles. The Morgan fingerprint density at radius 1 is 0.966 bits per heavy atom. The summed E-state index contributed by atoms with van der Waals surface area (Å²) in [7, 11) is 0. The van der Waals surface area contributed by atoms with Gasteiger partial charge in [-0.15, -0.1) is 0 Å². The number of nitrogens with zero attached hydrogens (tertiary/aromatic N) is 1. The van der Waals surface area contributed by atoms with Crippen molar-refractivity contribution in [3.8, 4) is 6.07 Å². The maximum Gasteiger partial charge on any atom is 0.339 e. The molecule has 3 aromatic rings. The van der Waals surface area contributed by atoms with Crippen molar-refractivity contribution >= 4 is 33.4 Å². The minimum absolute atomic E-state index is 0.403. The van der Waals surface area contributed by atoms with Crippen molar-refractivity contribution < 1.29 is 14.3 Å². The number of fused-ring (bicyclic) bond motifs is 2. The predicted octanol–water partition coefficient (Wildman–Crippen LogP) is 4.49. The van der Waals surface area contributed by atoms with Crippen molar-refractivity contribution in [1.29, 1.82) is 5.26 Å². The zero-order valence-electron chi connectivity index (χ0n) is 16.1. The van der Waals surface area contributed by atoms with E-state index in [2.05, 4.69) is 11.4 Å². The number of esters is 1. The number of carbonyl (C=O) groups is 2. The van der Waals surface area contributed by atoms with Crippen LogP contribution in [0, 0.1) is 11.3 Å². The van der Waals surface area contributed by atoms with Crippen LogP contribution in [0.1, 0.15) is 42.5 Å². The summed E-state index contributed by atoms with van der Waals surface area (Å²) in [4.78, 5) is 25.4. The Balaban J connectivity index is 1.56. The largest absolute Gasteiger partial charge is 0.452 e. The molecule has 4 rings (SSSR count). The molecule has 5 nitrogen and oxygen atoms in total. The van der Waals surface area contributed by atoms with Crippen molar-refractivity contribution in [2.24, 2.45) is 0 Å². The average Bonchev–Trinajstić information content (AvgIpc) is 2.76. The van der Waals surface area contributed by atoms with Crippen molar-refractivity contribution in [3.05, 3.63) is 60.2 Å². The molecule has 0 aromatic heterocycles. The summed E-state index contributed by atoms with van der Waals surface area (Å²) >= 11 is 0. The molecule has 146 valence electrons. The Morgan fingerprint density at radius 2 is 1.55 bits per heavy atom. The van der Waals surface area contributed by atoms with Gasteiger partial charge in [-0.1, -0.05) is 67.8 Å². The third-order valence-electron chi connectivity index (χ3n) is 5.61. The van der Waals surface area contributed by atoms with E-state index in [0.29, 0.717) is 18.4 Å². The van der Waals surface area contributed by atoms with E-state index in [-0.39, 0.29) is 0 Å². The van der Waals surface area contributed by atoms with Crippen molar-refractivity contribution in [2.75, 3.05) is 6.61 Å². The molecule has 1 amide bonds. The third kappa shape index (κ3) is 3.79. The molecule has 0 bridgehead atoms. The first kappa shape index (κ1) is 18.9. The Hall–Kier alpha value is -3.39. The standard InChI is InChI=1S/C24H22N2O3/c25-16-24(12-6-1-7-13-24)26-21(27)15-29-23(28)22-19-10-4-2-8-17(19)14-18-9-3-5-11-20(18)22/h2-5,8-11,14H,1,6-7,12-13,15H2,(H,26,27). The highest BCUT2D eigenvalue weighted by Gasteiger charge is 2.33. The number of benzene rings is 3. The Labute approximate surface area is 169 Å². The highest BCUT2D eigenvalue weighted by molar-refractivity contribution is 6.16. The monoisotopic (exact) mass is 386 g/mol. The molecule has 1 aliphatic rings. The number of hydrogen-bond acceptors (Lipinski definition) is 4. The van der Waals surface area contributed by atoms with Gasteiger partial charge in [0.2, 0.25) is 0 Å². The van der Waals surface area contributed by atoms with Crippen LogP contribution in [0.2, 0.25) is 0 Å². The Kier molecular flexibility index (Phi) is 5.18. The molecule has 1 saturated carbocycles. The van der Waals surface area contributed by atoms with Crippen LogP contribution in [0.25, 0.3) is 21.5 Å². The number of nitrogens with one attached hydrogen (secondary N) is 1. The van der Waals surface area contributed by atoms with Gasteiger partial charge in [-0.3, -0.25) is 4.79 Å². The molecule has 1 aliphatic carbocycles. The molecule has 0 radical (unpaired) electrons. The first-order chi connectivity index (χ1) is 14.1. The molecule has 0 spiro atoms. The van der Waals surface area contributed by atoms with Crippen LogP contribution in [0.5, 0.6) is 0 Å². The van der Waals surface area contributed by atoms with Crippen LogP contribution < -0.4 is 5.32 Å². The van der Waals surface area contributed by atoms with E-state index < -0.39 is 24.0 Å². The van der Waals surface area contributed by atoms with Gasteiger partial charge >= 0.3 is 5.97 Å².